The van der Waals surface area contributed by atoms with Crippen LogP contribution in [0.2, 0.25) is 0 Å². The van der Waals surface area contributed by atoms with Gasteiger partial charge < -0.3 is 10.6 Å². The molecule has 0 aliphatic rings. The molecule has 1 heterocycles. The van der Waals surface area contributed by atoms with Gasteiger partial charge in [0.1, 0.15) is 17.3 Å². The van der Waals surface area contributed by atoms with Crippen molar-refractivity contribution in [3.63, 3.8) is 0 Å². The van der Waals surface area contributed by atoms with E-state index in [0.717, 1.165) is 18.2 Å². The van der Waals surface area contributed by atoms with E-state index in [0.29, 0.717) is 6.07 Å². The number of carbonyl (C=O) groups excluding carboxylic acids is 1. The Bertz CT molecular complexity index is 676. The predicted molar refractivity (Wildman–Crippen MR) is 81.9 cm³/mol. The smallest absolute Gasteiger partial charge is 0.274 e. The average molecular weight is 305 g/mol. The van der Waals surface area contributed by atoms with Crippen LogP contribution in [0.25, 0.3) is 0 Å². The second-order valence-electron chi connectivity index (χ2n) is 4.96. The largest absolute Gasteiger partial charge is 0.382 e. The molecule has 2 aromatic rings. The molecule has 1 atom stereocenters. The SMILES string of the molecule is CCC(C)Nc1ccnc(C(=O)Nc2ccc(F)cc2F)c1. The number of hydrogen-bond acceptors (Lipinski definition) is 3. The predicted octanol–water partition coefficient (Wildman–Crippen LogP) is 3.82. The lowest BCUT2D eigenvalue weighted by Gasteiger charge is -2.13. The molecule has 0 radical (unpaired) electrons. The summed E-state index contributed by atoms with van der Waals surface area (Å²) >= 11 is 0. The number of anilines is 2. The fraction of sp³-hybridized carbons (Fsp3) is 0.250. The summed E-state index contributed by atoms with van der Waals surface area (Å²) in [6.45, 7) is 4.07. The standard InChI is InChI=1S/C16H17F2N3O/c1-3-10(2)20-12-6-7-19-15(9-12)16(22)21-14-5-4-11(17)8-13(14)18/h4-10H,3H2,1-2H3,(H,19,20)(H,21,22). The maximum absolute atomic E-state index is 13.5. The number of rotatable bonds is 5. The number of carbonyl (C=O) groups is 1. The lowest BCUT2D eigenvalue weighted by atomic mass is 10.2. The summed E-state index contributed by atoms with van der Waals surface area (Å²) in [5.74, 6) is -2.09. The van der Waals surface area contributed by atoms with Gasteiger partial charge in [0.05, 0.1) is 5.69 Å². The molecular weight excluding hydrogens is 288 g/mol. The fourth-order valence-corrected chi connectivity index (χ4v) is 1.81. The van der Waals surface area contributed by atoms with E-state index < -0.39 is 17.5 Å². The van der Waals surface area contributed by atoms with Crippen LogP contribution < -0.4 is 10.6 Å². The molecule has 1 amide bonds. The lowest BCUT2D eigenvalue weighted by molar-refractivity contribution is 0.102. The molecule has 2 N–H and O–H groups in total. The van der Waals surface area contributed by atoms with Gasteiger partial charge in [-0.05, 0) is 37.6 Å². The molecule has 0 bridgehead atoms. The van der Waals surface area contributed by atoms with Crippen LogP contribution >= 0.6 is 0 Å². The second-order valence-corrected chi connectivity index (χ2v) is 4.96. The minimum atomic E-state index is -0.831. The summed E-state index contributed by atoms with van der Waals surface area (Å²) in [6.07, 6.45) is 2.44. The van der Waals surface area contributed by atoms with Gasteiger partial charge in [0, 0.05) is 24.0 Å². The Hall–Kier alpha value is -2.50. The molecule has 2 rings (SSSR count). The van der Waals surface area contributed by atoms with Gasteiger partial charge in [-0.15, -0.1) is 0 Å². The zero-order valence-corrected chi connectivity index (χ0v) is 12.4. The Balaban J connectivity index is 2.14. The van der Waals surface area contributed by atoms with E-state index in [9.17, 15) is 13.6 Å². The van der Waals surface area contributed by atoms with E-state index in [1.807, 2.05) is 13.8 Å². The van der Waals surface area contributed by atoms with Gasteiger partial charge in [0.15, 0.2) is 0 Å². The number of nitrogens with one attached hydrogen (secondary N) is 2. The summed E-state index contributed by atoms with van der Waals surface area (Å²) in [5, 5.41) is 5.60. The molecule has 1 aromatic heterocycles. The van der Waals surface area contributed by atoms with E-state index in [1.165, 1.54) is 12.3 Å². The molecule has 1 aromatic carbocycles. The molecular formula is C16H17F2N3O. The van der Waals surface area contributed by atoms with Crippen molar-refractivity contribution in [2.45, 2.75) is 26.3 Å². The molecule has 4 nitrogen and oxygen atoms in total. The Morgan fingerprint density at radius 3 is 2.73 bits per heavy atom. The van der Waals surface area contributed by atoms with Crippen molar-refractivity contribution in [2.24, 2.45) is 0 Å². The molecule has 6 heteroatoms. The Morgan fingerprint density at radius 2 is 2.05 bits per heavy atom. The van der Waals surface area contributed by atoms with Gasteiger partial charge in [-0.1, -0.05) is 6.92 Å². The highest BCUT2D eigenvalue weighted by atomic mass is 19.1. The second kappa shape index (κ2) is 6.98. The van der Waals surface area contributed by atoms with Crippen molar-refractivity contribution >= 4 is 17.3 Å². The number of nitrogens with zero attached hydrogens (tertiary/aromatic N) is 1. The molecule has 22 heavy (non-hydrogen) atoms. The average Bonchev–Trinajstić information content (AvgIpc) is 2.50. The molecule has 0 saturated heterocycles. The number of hydrogen-bond donors (Lipinski definition) is 2. The quantitative estimate of drug-likeness (QED) is 0.883. The van der Waals surface area contributed by atoms with Gasteiger partial charge in [-0.2, -0.15) is 0 Å². The summed E-state index contributed by atoms with van der Waals surface area (Å²) < 4.78 is 26.4. The first-order valence-electron chi connectivity index (χ1n) is 6.98. The van der Waals surface area contributed by atoms with Crippen LogP contribution in [0.4, 0.5) is 20.2 Å². The Kier molecular flexibility index (Phi) is 5.04. The van der Waals surface area contributed by atoms with Gasteiger partial charge in [0.2, 0.25) is 0 Å². The third-order valence-electron chi connectivity index (χ3n) is 3.20. The van der Waals surface area contributed by atoms with Gasteiger partial charge >= 0.3 is 0 Å². The maximum atomic E-state index is 13.5. The number of halogens is 2. The first kappa shape index (κ1) is 15.9. The molecule has 0 aliphatic carbocycles. The molecule has 1 unspecified atom stereocenters. The highest BCUT2D eigenvalue weighted by Crippen LogP contribution is 2.17. The third-order valence-corrected chi connectivity index (χ3v) is 3.20. The third kappa shape index (κ3) is 4.00. The summed E-state index contributed by atoms with van der Waals surface area (Å²) in [6, 6.07) is 6.55. The minimum Gasteiger partial charge on any atom is -0.382 e. The van der Waals surface area contributed by atoms with Crippen LogP contribution in [0.15, 0.2) is 36.5 Å². The summed E-state index contributed by atoms with van der Waals surface area (Å²) in [5.41, 5.74) is 0.819. The fourth-order valence-electron chi connectivity index (χ4n) is 1.81. The highest BCUT2D eigenvalue weighted by Gasteiger charge is 2.12. The minimum absolute atomic E-state index is 0.0894. The Morgan fingerprint density at radius 1 is 1.27 bits per heavy atom. The van der Waals surface area contributed by atoms with Crippen LogP contribution in [0.1, 0.15) is 30.8 Å². The molecule has 0 fully saturated rings. The maximum Gasteiger partial charge on any atom is 0.274 e. The van der Waals surface area contributed by atoms with Crippen LogP contribution in [0.5, 0.6) is 0 Å². The number of amides is 1. The van der Waals surface area contributed by atoms with E-state index >= 15 is 0 Å². The van der Waals surface area contributed by atoms with Crippen molar-refractivity contribution in [2.75, 3.05) is 10.6 Å². The normalized spacial score (nSPS) is 11.8. The zero-order chi connectivity index (χ0) is 16.1. The van der Waals surface area contributed by atoms with Crippen LogP contribution in [-0.4, -0.2) is 16.9 Å². The Labute approximate surface area is 127 Å². The van der Waals surface area contributed by atoms with Crippen LogP contribution in [0.3, 0.4) is 0 Å². The number of benzene rings is 1. The first-order valence-corrected chi connectivity index (χ1v) is 6.98. The van der Waals surface area contributed by atoms with Crippen molar-refractivity contribution in [3.8, 4) is 0 Å². The van der Waals surface area contributed by atoms with Crippen LogP contribution in [0, 0.1) is 11.6 Å². The monoisotopic (exact) mass is 305 g/mol. The summed E-state index contributed by atoms with van der Waals surface area (Å²) in [4.78, 5) is 16.1. The molecule has 0 saturated carbocycles. The van der Waals surface area contributed by atoms with E-state index in [-0.39, 0.29) is 17.4 Å². The van der Waals surface area contributed by atoms with Gasteiger partial charge in [-0.25, -0.2) is 8.78 Å². The van der Waals surface area contributed by atoms with Crippen LogP contribution in [-0.2, 0) is 0 Å². The first-order chi connectivity index (χ1) is 10.5. The highest BCUT2D eigenvalue weighted by molar-refractivity contribution is 6.03. The molecule has 0 aliphatic heterocycles. The summed E-state index contributed by atoms with van der Waals surface area (Å²) in [7, 11) is 0. The number of pyridine rings is 1. The topological polar surface area (TPSA) is 54.0 Å². The molecule has 116 valence electrons. The van der Waals surface area contributed by atoms with Gasteiger partial charge in [0.25, 0.3) is 5.91 Å². The zero-order valence-electron chi connectivity index (χ0n) is 12.4. The van der Waals surface area contributed by atoms with E-state index in [1.54, 1.807) is 12.1 Å². The van der Waals surface area contributed by atoms with Crippen molar-refractivity contribution < 1.29 is 13.6 Å². The number of aromatic nitrogens is 1. The molecule has 0 spiro atoms. The van der Waals surface area contributed by atoms with Crippen molar-refractivity contribution in [3.05, 3.63) is 53.9 Å². The van der Waals surface area contributed by atoms with Crippen molar-refractivity contribution in [1.29, 1.82) is 0 Å². The van der Waals surface area contributed by atoms with Gasteiger partial charge in [-0.3, -0.25) is 9.78 Å². The lowest BCUT2D eigenvalue weighted by Crippen LogP contribution is -2.17. The van der Waals surface area contributed by atoms with E-state index in [2.05, 4.69) is 15.6 Å². The van der Waals surface area contributed by atoms with E-state index in [4.69, 9.17) is 0 Å². The van der Waals surface area contributed by atoms with Crippen molar-refractivity contribution in [1.82, 2.24) is 4.98 Å².